The lowest BCUT2D eigenvalue weighted by molar-refractivity contribution is 1.28. The first-order valence-corrected chi connectivity index (χ1v) is 4.04. The van der Waals surface area contributed by atoms with E-state index in [4.69, 9.17) is 0 Å². The molecule has 0 aliphatic rings. The largest absolute Gasteiger partial charge is 0.263 e. The zero-order valence-electron chi connectivity index (χ0n) is 5.76. The van der Waals surface area contributed by atoms with Crippen molar-refractivity contribution in [2.24, 2.45) is 0 Å². The first-order valence-electron chi connectivity index (χ1n) is 2.96. The van der Waals surface area contributed by atoms with Crippen LogP contribution in [0.15, 0.2) is 25.0 Å². The molecule has 1 heterocycles. The molecule has 52 valence electrons. The number of aromatic nitrogens is 1. The van der Waals surface area contributed by atoms with Gasteiger partial charge in [-0.15, -0.1) is 0 Å². The molecule has 0 spiro atoms. The van der Waals surface area contributed by atoms with Crippen LogP contribution in [-0.4, -0.2) is 4.98 Å². The summed E-state index contributed by atoms with van der Waals surface area (Å²) in [5.74, 6) is 0. The van der Waals surface area contributed by atoms with Crippen molar-refractivity contribution in [1.29, 1.82) is 0 Å². The molecular weight excluding hydrogens is 237 g/mol. The molecule has 0 aliphatic heterocycles. The van der Waals surface area contributed by atoms with Crippen LogP contribution in [0.4, 0.5) is 0 Å². The van der Waals surface area contributed by atoms with E-state index in [1.807, 2.05) is 19.3 Å². The Morgan fingerprint density at radius 3 is 2.70 bits per heavy atom. The Bertz CT molecular complexity index is 255. The first-order chi connectivity index (χ1) is 4.70. The molecule has 0 amide bonds. The number of allylic oxidation sites excluding steroid dienone is 1. The van der Waals surface area contributed by atoms with Gasteiger partial charge in [0.15, 0.2) is 0 Å². The third-order valence-corrected chi connectivity index (χ3v) is 1.79. The van der Waals surface area contributed by atoms with Gasteiger partial charge in [-0.2, -0.15) is 0 Å². The van der Waals surface area contributed by atoms with Crippen LogP contribution in [0, 0.1) is 3.57 Å². The van der Waals surface area contributed by atoms with Gasteiger partial charge in [-0.05, 0) is 46.7 Å². The minimum absolute atomic E-state index is 1.06. The molecule has 2 heteroatoms. The van der Waals surface area contributed by atoms with Gasteiger partial charge < -0.3 is 0 Å². The van der Waals surface area contributed by atoms with Crippen molar-refractivity contribution < 1.29 is 0 Å². The van der Waals surface area contributed by atoms with Gasteiger partial charge >= 0.3 is 0 Å². The van der Waals surface area contributed by atoms with E-state index in [0.29, 0.717) is 0 Å². The highest BCUT2D eigenvalue weighted by atomic mass is 127. The van der Waals surface area contributed by atoms with Gasteiger partial charge in [0.2, 0.25) is 0 Å². The number of pyridine rings is 1. The molecule has 0 bridgehead atoms. The molecule has 0 atom stereocenters. The lowest BCUT2D eigenvalue weighted by Crippen LogP contribution is -1.81. The first kappa shape index (κ1) is 7.72. The summed E-state index contributed by atoms with van der Waals surface area (Å²) in [4.78, 5) is 4.04. The summed E-state index contributed by atoms with van der Waals surface area (Å²) in [6.45, 7) is 5.80. The molecule has 0 aliphatic carbocycles. The quantitative estimate of drug-likeness (QED) is 0.693. The van der Waals surface area contributed by atoms with Crippen LogP contribution in [0.3, 0.4) is 0 Å². The summed E-state index contributed by atoms with van der Waals surface area (Å²) in [7, 11) is 0. The van der Waals surface area contributed by atoms with Gasteiger partial charge in [0, 0.05) is 16.0 Å². The zero-order valence-corrected chi connectivity index (χ0v) is 7.92. The van der Waals surface area contributed by atoms with E-state index in [0.717, 1.165) is 14.7 Å². The van der Waals surface area contributed by atoms with Crippen LogP contribution in [-0.2, 0) is 0 Å². The summed E-state index contributed by atoms with van der Waals surface area (Å²) >= 11 is 2.24. The average Bonchev–Trinajstić information content (AvgIpc) is 1.88. The maximum atomic E-state index is 4.04. The predicted octanol–water partition coefficient (Wildman–Crippen LogP) is 2.72. The van der Waals surface area contributed by atoms with Crippen LogP contribution in [0.2, 0.25) is 0 Å². The number of rotatable bonds is 1. The fraction of sp³-hybridized carbons (Fsp3) is 0.125. The topological polar surface area (TPSA) is 12.9 Å². The van der Waals surface area contributed by atoms with Crippen molar-refractivity contribution in [3.8, 4) is 0 Å². The van der Waals surface area contributed by atoms with Crippen molar-refractivity contribution in [2.45, 2.75) is 6.92 Å². The highest BCUT2D eigenvalue weighted by molar-refractivity contribution is 14.1. The fourth-order valence-corrected chi connectivity index (χ4v) is 1.14. The number of halogens is 1. The van der Waals surface area contributed by atoms with E-state index in [1.54, 1.807) is 0 Å². The normalized spacial score (nSPS) is 9.40. The molecular formula is C8H8IN. The molecule has 1 rings (SSSR count). The average molecular weight is 245 g/mol. The second kappa shape index (κ2) is 3.14. The van der Waals surface area contributed by atoms with Crippen LogP contribution in [0.5, 0.6) is 0 Å². The van der Waals surface area contributed by atoms with Crippen LogP contribution < -0.4 is 0 Å². The summed E-state index contributed by atoms with van der Waals surface area (Å²) in [5.41, 5.74) is 2.18. The standard InChI is InChI=1S/C8H8IN/c1-6(2)7-3-8(9)5-10-4-7/h3-5H,1H2,2H3. The maximum Gasteiger partial charge on any atom is 0.0401 e. The maximum absolute atomic E-state index is 4.04. The molecule has 10 heavy (non-hydrogen) atoms. The van der Waals surface area contributed by atoms with E-state index in [2.05, 4.69) is 40.2 Å². The van der Waals surface area contributed by atoms with Gasteiger partial charge in [0.25, 0.3) is 0 Å². The molecule has 0 saturated heterocycles. The van der Waals surface area contributed by atoms with Gasteiger partial charge in [-0.1, -0.05) is 6.58 Å². The third-order valence-electron chi connectivity index (χ3n) is 1.20. The monoisotopic (exact) mass is 245 g/mol. The van der Waals surface area contributed by atoms with Gasteiger partial charge in [0.05, 0.1) is 0 Å². The Morgan fingerprint density at radius 2 is 2.30 bits per heavy atom. The molecule has 1 nitrogen and oxygen atoms in total. The lowest BCUT2D eigenvalue weighted by atomic mass is 10.2. The van der Waals surface area contributed by atoms with Crippen molar-refractivity contribution in [1.82, 2.24) is 4.98 Å². The molecule has 0 radical (unpaired) electrons. The van der Waals surface area contributed by atoms with Crippen molar-refractivity contribution in [3.05, 3.63) is 34.2 Å². The van der Waals surface area contributed by atoms with Gasteiger partial charge in [0.1, 0.15) is 0 Å². The Hall–Kier alpha value is -0.380. The second-order valence-electron chi connectivity index (χ2n) is 2.17. The SMILES string of the molecule is C=C(C)c1cncc(I)c1. The van der Waals surface area contributed by atoms with E-state index in [9.17, 15) is 0 Å². The molecule has 0 unspecified atom stereocenters. The Labute approximate surface area is 74.3 Å². The number of nitrogens with zero attached hydrogens (tertiary/aromatic N) is 1. The van der Waals surface area contributed by atoms with E-state index in [1.165, 1.54) is 0 Å². The van der Waals surface area contributed by atoms with E-state index < -0.39 is 0 Å². The smallest absolute Gasteiger partial charge is 0.0401 e. The second-order valence-corrected chi connectivity index (χ2v) is 3.42. The van der Waals surface area contributed by atoms with E-state index in [-0.39, 0.29) is 0 Å². The lowest BCUT2D eigenvalue weighted by Gasteiger charge is -1.97. The number of hydrogen-bond acceptors (Lipinski definition) is 1. The van der Waals surface area contributed by atoms with Crippen LogP contribution in [0.25, 0.3) is 5.57 Å². The van der Waals surface area contributed by atoms with Crippen LogP contribution in [0.1, 0.15) is 12.5 Å². The Balaban J connectivity index is 3.07. The van der Waals surface area contributed by atoms with Gasteiger partial charge in [-0.25, -0.2) is 0 Å². The molecule has 1 aromatic heterocycles. The molecule has 0 saturated carbocycles. The molecule has 0 fully saturated rings. The summed E-state index contributed by atoms with van der Waals surface area (Å²) in [6.07, 6.45) is 3.65. The molecule has 0 N–H and O–H groups in total. The summed E-state index contributed by atoms with van der Waals surface area (Å²) in [5, 5.41) is 0. The van der Waals surface area contributed by atoms with Crippen molar-refractivity contribution in [3.63, 3.8) is 0 Å². The Kier molecular flexibility index (Phi) is 2.43. The zero-order chi connectivity index (χ0) is 7.56. The van der Waals surface area contributed by atoms with E-state index >= 15 is 0 Å². The molecule has 0 aromatic carbocycles. The number of hydrogen-bond donors (Lipinski definition) is 0. The highest BCUT2D eigenvalue weighted by Crippen LogP contribution is 2.12. The minimum atomic E-state index is 1.06. The van der Waals surface area contributed by atoms with Crippen molar-refractivity contribution >= 4 is 28.2 Å². The summed E-state index contributed by atoms with van der Waals surface area (Å²) in [6, 6.07) is 2.07. The summed E-state index contributed by atoms with van der Waals surface area (Å²) < 4.78 is 1.15. The van der Waals surface area contributed by atoms with Crippen LogP contribution >= 0.6 is 22.6 Å². The van der Waals surface area contributed by atoms with Gasteiger partial charge in [-0.3, -0.25) is 4.98 Å². The van der Waals surface area contributed by atoms with Crippen molar-refractivity contribution in [2.75, 3.05) is 0 Å². The predicted molar refractivity (Wildman–Crippen MR) is 51.7 cm³/mol. The fourth-order valence-electron chi connectivity index (χ4n) is 0.645. The minimum Gasteiger partial charge on any atom is -0.263 e. The molecule has 1 aromatic rings. The highest BCUT2D eigenvalue weighted by Gasteiger charge is 1.92. The third kappa shape index (κ3) is 1.80. The Morgan fingerprint density at radius 1 is 1.60 bits per heavy atom.